The van der Waals surface area contributed by atoms with Crippen molar-refractivity contribution >= 4 is 28.9 Å². The number of carbonyl (C=O) groups is 1. The van der Waals surface area contributed by atoms with Crippen molar-refractivity contribution in [3.63, 3.8) is 0 Å². The highest BCUT2D eigenvalue weighted by atomic mass is 35.5. The molecule has 0 unspecified atom stereocenters. The van der Waals surface area contributed by atoms with Gasteiger partial charge in [0.1, 0.15) is 5.02 Å². The molecule has 0 fully saturated rings. The quantitative estimate of drug-likeness (QED) is 0.648. The molecule has 0 heterocycles. The molecule has 0 atom stereocenters. The van der Waals surface area contributed by atoms with Gasteiger partial charge in [-0.05, 0) is 18.6 Å². The topological polar surface area (TPSA) is 72.2 Å². The van der Waals surface area contributed by atoms with Crippen LogP contribution in [0.4, 0.5) is 11.4 Å². The molecule has 0 bridgehead atoms. The Kier molecular flexibility index (Phi) is 4.90. The molecule has 0 saturated carbocycles. The minimum absolute atomic E-state index is 0.0169. The maximum Gasteiger partial charge on any atom is 0.288 e. The molecule has 0 saturated heterocycles. The Morgan fingerprint density at radius 1 is 1.53 bits per heavy atom. The van der Waals surface area contributed by atoms with E-state index >= 15 is 0 Å². The zero-order valence-electron chi connectivity index (χ0n) is 9.40. The molecule has 1 N–H and O–H groups in total. The van der Waals surface area contributed by atoms with Crippen molar-refractivity contribution in [1.82, 2.24) is 0 Å². The van der Waals surface area contributed by atoms with Crippen LogP contribution < -0.4 is 5.32 Å². The van der Waals surface area contributed by atoms with Gasteiger partial charge >= 0.3 is 0 Å². The summed E-state index contributed by atoms with van der Waals surface area (Å²) in [6.07, 6.45) is 2.19. The number of carbonyl (C=O) groups excluding carboxylic acids is 1. The number of hydrogen-bond donors (Lipinski definition) is 1. The van der Waals surface area contributed by atoms with Crippen molar-refractivity contribution in [3.8, 4) is 0 Å². The summed E-state index contributed by atoms with van der Waals surface area (Å²) < 4.78 is 0. The number of nitro groups is 1. The van der Waals surface area contributed by atoms with E-state index in [4.69, 9.17) is 11.6 Å². The first-order chi connectivity index (χ1) is 8.04. The number of rotatable bonds is 5. The van der Waals surface area contributed by atoms with Crippen LogP contribution >= 0.6 is 11.6 Å². The predicted octanol–water partition coefficient (Wildman–Crippen LogP) is 3.38. The van der Waals surface area contributed by atoms with Gasteiger partial charge in [0.05, 0.1) is 4.92 Å². The first-order valence-corrected chi connectivity index (χ1v) is 5.66. The summed E-state index contributed by atoms with van der Waals surface area (Å²) in [4.78, 5) is 21.4. The lowest BCUT2D eigenvalue weighted by Gasteiger charge is -2.05. The minimum Gasteiger partial charge on any atom is -0.326 e. The highest BCUT2D eigenvalue weighted by Crippen LogP contribution is 2.27. The van der Waals surface area contributed by atoms with Gasteiger partial charge in [0, 0.05) is 18.2 Å². The number of nitrogens with zero attached hydrogens (tertiary/aromatic N) is 1. The van der Waals surface area contributed by atoms with Crippen molar-refractivity contribution in [2.45, 2.75) is 26.2 Å². The zero-order chi connectivity index (χ0) is 12.8. The molecule has 0 aliphatic carbocycles. The fourth-order valence-corrected chi connectivity index (χ4v) is 1.54. The number of anilines is 1. The van der Waals surface area contributed by atoms with Crippen LogP contribution in [0, 0.1) is 10.1 Å². The molecule has 17 heavy (non-hydrogen) atoms. The Labute approximate surface area is 104 Å². The number of nitrogens with one attached hydrogen (secondary N) is 1. The van der Waals surface area contributed by atoms with Crippen molar-refractivity contribution < 1.29 is 9.72 Å². The fraction of sp³-hybridized carbons (Fsp3) is 0.364. The highest BCUT2D eigenvalue weighted by molar-refractivity contribution is 6.33. The van der Waals surface area contributed by atoms with Gasteiger partial charge in [-0.25, -0.2) is 0 Å². The summed E-state index contributed by atoms with van der Waals surface area (Å²) in [6.45, 7) is 2.00. The Balaban J connectivity index is 2.70. The molecule has 1 aromatic rings. The van der Waals surface area contributed by atoms with E-state index in [1.54, 1.807) is 0 Å². The van der Waals surface area contributed by atoms with E-state index in [2.05, 4.69) is 5.32 Å². The number of benzene rings is 1. The normalized spacial score (nSPS) is 10.0. The molecule has 6 heteroatoms. The van der Waals surface area contributed by atoms with Crippen LogP contribution in [0.1, 0.15) is 26.2 Å². The van der Waals surface area contributed by atoms with Gasteiger partial charge in [-0.3, -0.25) is 14.9 Å². The largest absolute Gasteiger partial charge is 0.326 e. The molecule has 0 spiro atoms. The summed E-state index contributed by atoms with van der Waals surface area (Å²) in [5, 5.41) is 13.2. The Bertz CT molecular complexity index is 435. The molecule has 5 nitrogen and oxygen atoms in total. The number of nitro benzene ring substituents is 1. The number of amides is 1. The molecule has 1 rings (SSSR count). The Hall–Kier alpha value is -1.62. The average Bonchev–Trinajstić information content (AvgIpc) is 2.26. The fourth-order valence-electron chi connectivity index (χ4n) is 1.29. The Morgan fingerprint density at radius 3 is 2.76 bits per heavy atom. The third kappa shape index (κ3) is 4.03. The van der Waals surface area contributed by atoms with Gasteiger partial charge in [-0.15, -0.1) is 0 Å². The van der Waals surface area contributed by atoms with Gasteiger partial charge in [-0.2, -0.15) is 0 Å². The zero-order valence-corrected chi connectivity index (χ0v) is 10.2. The van der Waals surface area contributed by atoms with Crippen LogP contribution in [0.15, 0.2) is 18.2 Å². The molecule has 0 aromatic heterocycles. The van der Waals surface area contributed by atoms with Gasteiger partial charge in [-0.1, -0.05) is 24.9 Å². The van der Waals surface area contributed by atoms with Gasteiger partial charge in [0.15, 0.2) is 0 Å². The number of unbranched alkanes of at least 4 members (excludes halogenated alkanes) is 1. The van der Waals surface area contributed by atoms with Crippen molar-refractivity contribution in [3.05, 3.63) is 33.3 Å². The number of halogens is 1. The van der Waals surface area contributed by atoms with Crippen molar-refractivity contribution in [2.75, 3.05) is 5.32 Å². The lowest BCUT2D eigenvalue weighted by molar-refractivity contribution is -0.384. The highest BCUT2D eigenvalue weighted by Gasteiger charge is 2.12. The Morgan fingerprint density at radius 2 is 2.24 bits per heavy atom. The van der Waals surface area contributed by atoms with E-state index in [1.165, 1.54) is 18.2 Å². The second-order valence-electron chi connectivity index (χ2n) is 3.58. The van der Waals surface area contributed by atoms with E-state index in [-0.39, 0.29) is 16.6 Å². The van der Waals surface area contributed by atoms with E-state index in [1.807, 2.05) is 6.92 Å². The third-order valence-electron chi connectivity index (χ3n) is 2.19. The predicted molar refractivity (Wildman–Crippen MR) is 66.3 cm³/mol. The molecule has 92 valence electrons. The van der Waals surface area contributed by atoms with Crippen LogP contribution in [0.5, 0.6) is 0 Å². The summed E-state index contributed by atoms with van der Waals surface area (Å²) in [7, 11) is 0. The smallest absolute Gasteiger partial charge is 0.288 e. The van der Waals surface area contributed by atoms with Gasteiger partial charge in [0.2, 0.25) is 5.91 Å². The molecular formula is C11H13ClN2O3. The summed E-state index contributed by atoms with van der Waals surface area (Å²) in [6, 6.07) is 4.12. The summed E-state index contributed by atoms with van der Waals surface area (Å²) in [5.74, 6) is -0.114. The standard InChI is InChI=1S/C11H13ClN2O3/c1-2-3-4-11(15)13-8-5-6-10(14(16)17)9(12)7-8/h5-7H,2-4H2,1H3,(H,13,15). The average molecular weight is 257 g/mol. The summed E-state index contributed by atoms with van der Waals surface area (Å²) in [5.41, 5.74) is 0.305. The van der Waals surface area contributed by atoms with E-state index in [0.717, 1.165) is 12.8 Å². The van der Waals surface area contributed by atoms with E-state index in [0.29, 0.717) is 12.1 Å². The molecule has 1 aromatic carbocycles. The van der Waals surface area contributed by atoms with Crippen molar-refractivity contribution in [1.29, 1.82) is 0 Å². The molecule has 1 amide bonds. The summed E-state index contributed by atoms with van der Waals surface area (Å²) >= 11 is 5.72. The van der Waals surface area contributed by atoms with Crippen LogP contribution in [0.3, 0.4) is 0 Å². The second kappa shape index (κ2) is 6.20. The van der Waals surface area contributed by atoms with E-state index < -0.39 is 4.92 Å². The maximum atomic E-state index is 11.4. The minimum atomic E-state index is -0.564. The van der Waals surface area contributed by atoms with Gasteiger partial charge < -0.3 is 5.32 Å². The van der Waals surface area contributed by atoms with Crippen LogP contribution in [-0.4, -0.2) is 10.8 Å². The van der Waals surface area contributed by atoms with Crippen molar-refractivity contribution in [2.24, 2.45) is 0 Å². The van der Waals surface area contributed by atoms with Crippen LogP contribution in [-0.2, 0) is 4.79 Å². The second-order valence-corrected chi connectivity index (χ2v) is 3.98. The lowest BCUT2D eigenvalue weighted by Crippen LogP contribution is -2.10. The molecule has 0 aliphatic rings. The van der Waals surface area contributed by atoms with Crippen LogP contribution in [0.25, 0.3) is 0 Å². The molecular weight excluding hydrogens is 244 g/mol. The SMILES string of the molecule is CCCCC(=O)Nc1ccc([N+](=O)[O-])c(Cl)c1. The molecule has 0 radical (unpaired) electrons. The third-order valence-corrected chi connectivity index (χ3v) is 2.49. The van der Waals surface area contributed by atoms with Crippen LogP contribution in [0.2, 0.25) is 5.02 Å². The number of hydrogen-bond acceptors (Lipinski definition) is 3. The first-order valence-electron chi connectivity index (χ1n) is 5.28. The van der Waals surface area contributed by atoms with Gasteiger partial charge in [0.25, 0.3) is 5.69 Å². The monoisotopic (exact) mass is 256 g/mol. The lowest BCUT2D eigenvalue weighted by atomic mass is 10.2. The molecule has 0 aliphatic heterocycles. The maximum absolute atomic E-state index is 11.4. The first kappa shape index (κ1) is 13.4. The van der Waals surface area contributed by atoms with E-state index in [9.17, 15) is 14.9 Å².